The summed E-state index contributed by atoms with van der Waals surface area (Å²) in [6.07, 6.45) is 0. The molecule has 3 nitrogen and oxygen atoms in total. The number of carboxylic acids is 1. The smallest absolute Gasteiger partial charge is 0.346 e. The molecule has 0 saturated heterocycles. The second-order valence-corrected chi connectivity index (χ2v) is 4.76. The van der Waals surface area contributed by atoms with Gasteiger partial charge in [-0.3, -0.25) is 0 Å². The van der Waals surface area contributed by atoms with E-state index in [2.05, 4.69) is 0 Å². The Morgan fingerprint density at radius 3 is 2.88 bits per heavy atom. The fourth-order valence-corrected chi connectivity index (χ4v) is 2.72. The maximum atomic E-state index is 10.8. The number of hydrogen-bond acceptors (Lipinski definition) is 3. The van der Waals surface area contributed by atoms with Crippen molar-refractivity contribution in [2.24, 2.45) is 0 Å². The highest BCUT2D eigenvalue weighted by molar-refractivity contribution is 7.21. The summed E-state index contributed by atoms with van der Waals surface area (Å²) >= 11 is 1.26. The average molecular weight is 232 g/mol. The van der Waals surface area contributed by atoms with Crippen LogP contribution < -0.4 is 0 Å². The van der Waals surface area contributed by atoms with Crippen LogP contribution in [0.2, 0.25) is 0 Å². The number of aryl methyl sites for hydroxylation is 1. The van der Waals surface area contributed by atoms with Crippen LogP contribution in [-0.4, -0.2) is 11.1 Å². The molecular formula is C12H8O3S. The van der Waals surface area contributed by atoms with E-state index in [0.29, 0.717) is 10.5 Å². The summed E-state index contributed by atoms with van der Waals surface area (Å²) in [6.45, 7) is 2.00. The van der Waals surface area contributed by atoms with Crippen molar-refractivity contribution in [3.05, 3.63) is 34.7 Å². The molecule has 0 aliphatic rings. The lowest BCUT2D eigenvalue weighted by Gasteiger charge is -1.91. The normalized spacial score (nSPS) is 11.3. The fraction of sp³-hybridized carbons (Fsp3) is 0.0833. The molecule has 4 heteroatoms. The van der Waals surface area contributed by atoms with Crippen molar-refractivity contribution < 1.29 is 14.3 Å². The minimum absolute atomic E-state index is 0.317. The van der Waals surface area contributed by atoms with Crippen LogP contribution in [0.1, 0.15) is 15.2 Å². The van der Waals surface area contributed by atoms with E-state index in [0.717, 1.165) is 21.2 Å². The number of hydrogen-bond donors (Lipinski definition) is 1. The quantitative estimate of drug-likeness (QED) is 0.696. The predicted molar refractivity (Wildman–Crippen MR) is 63.3 cm³/mol. The zero-order valence-corrected chi connectivity index (χ0v) is 9.30. The lowest BCUT2D eigenvalue weighted by Crippen LogP contribution is -1.89. The van der Waals surface area contributed by atoms with E-state index in [4.69, 9.17) is 9.52 Å². The molecule has 0 bridgehead atoms. The lowest BCUT2D eigenvalue weighted by molar-refractivity contribution is 0.0702. The SMILES string of the molecule is Cc1ccc2oc3cc(C(=O)O)sc3c2c1. The molecule has 0 aliphatic heterocycles. The van der Waals surface area contributed by atoms with Crippen molar-refractivity contribution in [3.63, 3.8) is 0 Å². The zero-order valence-electron chi connectivity index (χ0n) is 8.48. The van der Waals surface area contributed by atoms with E-state index in [1.807, 2.05) is 25.1 Å². The van der Waals surface area contributed by atoms with Crippen LogP contribution in [0.3, 0.4) is 0 Å². The van der Waals surface area contributed by atoms with Gasteiger partial charge >= 0.3 is 5.97 Å². The molecule has 0 fully saturated rings. The van der Waals surface area contributed by atoms with Crippen molar-refractivity contribution in [2.75, 3.05) is 0 Å². The standard InChI is InChI=1S/C12H8O3S/c1-6-2-3-8-7(4-6)11-9(15-8)5-10(16-11)12(13)14/h2-5H,1H3,(H,13,14). The summed E-state index contributed by atoms with van der Waals surface area (Å²) in [5.74, 6) is -0.905. The Hall–Kier alpha value is -1.81. The molecule has 80 valence electrons. The van der Waals surface area contributed by atoms with Crippen molar-refractivity contribution >= 4 is 38.6 Å². The molecule has 0 radical (unpaired) electrons. The molecule has 0 unspecified atom stereocenters. The predicted octanol–water partition coefficient (Wildman–Crippen LogP) is 3.65. The van der Waals surface area contributed by atoms with Gasteiger partial charge in [-0.2, -0.15) is 0 Å². The summed E-state index contributed by atoms with van der Waals surface area (Å²) in [4.78, 5) is 11.2. The van der Waals surface area contributed by atoms with Crippen LogP contribution in [0.4, 0.5) is 0 Å². The Balaban J connectivity index is 2.40. The summed E-state index contributed by atoms with van der Waals surface area (Å²) in [7, 11) is 0. The van der Waals surface area contributed by atoms with Gasteiger partial charge in [0, 0.05) is 11.5 Å². The Morgan fingerprint density at radius 1 is 1.31 bits per heavy atom. The molecule has 16 heavy (non-hydrogen) atoms. The second kappa shape index (κ2) is 3.09. The maximum Gasteiger partial charge on any atom is 0.346 e. The third-order valence-corrected chi connectivity index (χ3v) is 3.65. The summed E-state index contributed by atoms with van der Waals surface area (Å²) in [5.41, 5.74) is 2.60. The van der Waals surface area contributed by atoms with Gasteiger partial charge in [-0.15, -0.1) is 11.3 Å². The number of carboxylic acid groups (broad SMARTS) is 1. The van der Waals surface area contributed by atoms with E-state index in [1.54, 1.807) is 6.07 Å². The molecule has 0 atom stereocenters. The number of furan rings is 1. The number of aromatic carboxylic acids is 1. The van der Waals surface area contributed by atoms with Gasteiger partial charge in [0.15, 0.2) is 0 Å². The Kier molecular flexibility index (Phi) is 1.82. The van der Waals surface area contributed by atoms with Crippen molar-refractivity contribution in [1.82, 2.24) is 0 Å². The highest BCUT2D eigenvalue weighted by atomic mass is 32.1. The molecule has 1 N–H and O–H groups in total. The lowest BCUT2D eigenvalue weighted by atomic mass is 10.2. The largest absolute Gasteiger partial charge is 0.477 e. The van der Waals surface area contributed by atoms with Gasteiger partial charge in [-0.05, 0) is 19.1 Å². The maximum absolute atomic E-state index is 10.8. The molecular weight excluding hydrogens is 224 g/mol. The van der Waals surface area contributed by atoms with Crippen LogP contribution in [-0.2, 0) is 0 Å². The third-order valence-electron chi connectivity index (χ3n) is 2.51. The van der Waals surface area contributed by atoms with E-state index < -0.39 is 5.97 Å². The molecule has 3 rings (SSSR count). The molecule has 0 saturated carbocycles. The summed E-state index contributed by atoms with van der Waals surface area (Å²) in [6, 6.07) is 7.49. The van der Waals surface area contributed by atoms with Crippen LogP contribution in [0.25, 0.3) is 21.3 Å². The molecule has 1 aromatic carbocycles. The topological polar surface area (TPSA) is 50.4 Å². The number of benzene rings is 1. The fourth-order valence-electron chi connectivity index (χ4n) is 1.77. The monoisotopic (exact) mass is 232 g/mol. The zero-order chi connectivity index (χ0) is 11.3. The third kappa shape index (κ3) is 1.23. The number of fused-ring (bicyclic) bond motifs is 3. The van der Waals surface area contributed by atoms with Crippen LogP contribution in [0.15, 0.2) is 28.7 Å². The van der Waals surface area contributed by atoms with Gasteiger partial charge in [-0.1, -0.05) is 11.6 Å². The Bertz CT molecular complexity index is 706. The first-order valence-corrected chi connectivity index (χ1v) is 5.63. The van der Waals surface area contributed by atoms with Gasteiger partial charge in [-0.25, -0.2) is 4.79 Å². The van der Waals surface area contributed by atoms with Gasteiger partial charge in [0.2, 0.25) is 0 Å². The van der Waals surface area contributed by atoms with Crippen LogP contribution >= 0.6 is 11.3 Å². The second-order valence-electron chi connectivity index (χ2n) is 3.71. The Morgan fingerprint density at radius 2 is 2.12 bits per heavy atom. The van der Waals surface area contributed by atoms with Crippen molar-refractivity contribution in [2.45, 2.75) is 6.92 Å². The van der Waals surface area contributed by atoms with Crippen molar-refractivity contribution in [1.29, 1.82) is 0 Å². The summed E-state index contributed by atoms with van der Waals surface area (Å²) < 4.78 is 6.50. The van der Waals surface area contributed by atoms with Crippen LogP contribution in [0, 0.1) is 6.92 Å². The van der Waals surface area contributed by atoms with E-state index in [1.165, 1.54) is 11.3 Å². The van der Waals surface area contributed by atoms with Gasteiger partial charge in [0.1, 0.15) is 16.0 Å². The molecule has 3 aromatic rings. The van der Waals surface area contributed by atoms with E-state index in [-0.39, 0.29) is 0 Å². The van der Waals surface area contributed by atoms with Gasteiger partial charge < -0.3 is 9.52 Å². The number of thiophene rings is 1. The van der Waals surface area contributed by atoms with Crippen molar-refractivity contribution in [3.8, 4) is 0 Å². The van der Waals surface area contributed by atoms with E-state index in [9.17, 15) is 4.79 Å². The highest BCUT2D eigenvalue weighted by Gasteiger charge is 2.14. The minimum atomic E-state index is -0.905. The molecule has 0 amide bonds. The molecule has 0 spiro atoms. The Labute approximate surface area is 94.9 Å². The first-order valence-electron chi connectivity index (χ1n) is 4.81. The number of carbonyl (C=O) groups is 1. The highest BCUT2D eigenvalue weighted by Crippen LogP contribution is 2.35. The first-order chi connectivity index (χ1) is 7.65. The minimum Gasteiger partial charge on any atom is -0.477 e. The van der Waals surface area contributed by atoms with Crippen LogP contribution in [0.5, 0.6) is 0 Å². The average Bonchev–Trinajstić information content (AvgIpc) is 2.75. The molecule has 0 aliphatic carbocycles. The van der Waals surface area contributed by atoms with Gasteiger partial charge in [0.25, 0.3) is 0 Å². The first kappa shape index (κ1) is 9.42. The molecule has 2 aromatic heterocycles. The van der Waals surface area contributed by atoms with Gasteiger partial charge in [0.05, 0.1) is 4.70 Å². The number of rotatable bonds is 1. The van der Waals surface area contributed by atoms with E-state index >= 15 is 0 Å². The summed E-state index contributed by atoms with van der Waals surface area (Å²) in [5, 5.41) is 9.89. The molecule has 2 heterocycles.